The van der Waals surface area contributed by atoms with Crippen LogP contribution in [0.2, 0.25) is 0 Å². The number of hydrogen-bond acceptors (Lipinski definition) is 1. The molecule has 23 heavy (non-hydrogen) atoms. The van der Waals surface area contributed by atoms with Crippen LogP contribution in [-0.4, -0.2) is 25.6 Å². The normalized spacial score (nSPS) is 20.2. The van der Waals surface area contributed by atoms with Crippen molar-refractivity contribution in [3.05, 3.63) is 71.5 Å². The summed E-state index contributed by atoms with van der Waals surface area (Å²) in [5.74, 6) is 1.21. The summed E-state index contributed by atoms with van der Waals surface area (Å²) in [6.07, 6.45) is 1.98. The van der Waals surface area contributed by atoms with Gasteiger partial charge in [0.15, 0.2) is 5.96 Å². The van der Waals surface area contributed by atoms with E-state index in [1.54, 1.807) is 7.05 Å². The molecule has 1 saturated carbocycles. The Kier molecular flexibility index (Phi) is 4.91. The van der Waals surface area contributed by atoms with Crippen molar-refractivity contribution in [1.29, 1.82) is 0 Å². The van der Waals surface area contributed by atoms with Crippen LogP contribution < -0.4 is 10.6 Å². The Labute approximate surface area is 136 Å². The van der Waals surface area contributed by atoms with Crippen LogP contribution in [0.3, 0.4) is 0 Å². The van der Waals surface area contributed by atoms with Gasteiger partial charge in [0.25, 0.3) is 0 Å². The first-order chi connectivity index (χ1) is 11.3. The van der Waals surface area contributed by atoms with E-state index in [4.69, 9.17) is 0 Å². The van der Waals surface area contributed by atoms with Crippen LogP contribution in [0, 0.1) is 5.82 Å². The van der Waals surface area contributed by atoms with E-state index in [9.17, 15) is 4.39 Å². The van der Waals surface area contributed by atoms with Crippen molar-refractivity contribution in [2.24, 2.45) is 4.99 Å². The van der Waals surface area contributed by atoms with Crippen LogP contribution >= 0.6 is 0 Å². The fraction of sp³-hybridized carbons (Fsp3) is 0.316. The minimum atomic E-state index is -0.195. The Morgan fingerprint density at radius 3 is 2.57 bits per heavy atom. The van der Waals surface area contributed by atoms with Crippen LogP contribution in [0.4, 0.5) is 4.39 Å². The van der Waals surface area contributed by atoms with E-state index in [1.165, 1.54) is 17.7 Å². The molecule has 3 rings (SSSR count). The highest BCUT2D eigenvalue weighted by Gasteiger charge is 2.38. The molecule has 0 amide bonds. The molecule has 0 aliphatic heterocycles. The zero-order valence-electron chi connectivity index (χ0n) is 13.3. The van der Waals surface area contributed by atoms with Crippen molar-refractivity contribution in [3.63, 3.8) is 0 Å². The zero-order valence-corrected chi connectivity index (χ0v) is 13.3. The second kappa shape index (κ2) is 7.27. The minimum absolute atomic E-state index is 0.195. The van der Waals surface area contributed by atoms with Crippen molar-refractivity contribution in [3.8, 4) is 0 Å². The van der Waals surface area contributed by atoms with E-state index in [0.717, 1.165) is 30.9 Å². The number of aliphatic imine (C=N–C) groups is 1. The standard InChI is InChI=1S/C19H22FN3/c1-21-19(22-12-11-14-7-9-16(20)10-8-14)23-18-13-17(18)15-5-3-2-4-6-15/h2-10,17-18H,11-13H2,1H3,(H2,21,22,23). The molecule has 2 unspecified atom stereocenters. The first-order valence-electron chi connectivity index (χ1n) is 8.03. The number of guanidine groups is 1. The molecule has 0 aromatic heterocycles. The SMILES string of the molecule is CN=C(NCCc1ccc(F)cc1)NC1CC1c1ccccc1. The lowest BCUT2D eigenvalue weighted by molar-refractivity contribution is 0.626. The van der Waals surface area contributed by atoms with Gasteiger partial charge in [-0.15, -0.1) is 0 Å². The monoisotopic (exact) mass is 311 g/mol. The first-order valence-corrected chi connectivity index (χ1v) is 8.03. The molecule has 0 heterocycles. The maximum Gasteiger partial charge on any atom is 0.191 e. The third-order valence-electron chi connectivity index (χ3n) is 4.18. The van der Waals surface area contributed by atoms with E-state index >= 15 is 0 Å². The van der Waals surface area contributed by atoms with Gasteiger partial charge in [-0.25, -0.2) is 4.39 Å². The second-order valence-corrected chi connectivity index (χ2v) is 5.88. The number of nitrogens with one attached hydrogen (secondary N) is 2. The maximum atomic E-state index is 12.9. The van der Waals surface area contributed by atoms with Crippen molar-refractivity contribution in [1.82, 2.24) is 10.6 Å². The highest BCUT2D eigenvalue weighted by atomic mass is 19.1. The molecular formula is C19H22FN3. The minimum Gasteiger partial charge on any atom is -0.356 e. The number of benzene rings is 2. The van der Waals surface area contributed by atoms with Gasteiger partial charge in [-0.05, 0) is 36.1 Å². The van der Waals surface area contributed by atoms with Crippen LogP contribution in [0.5, 0.6) is 0 Å². The van der Waals surface area contributed by atoms with E-state index in [0.29, 0.717) is 12.0 Å². The average molecular weight is 311 g/mol. The summed E-state index contributed by atoms with van der Waals surface area (Å²) in [5.41, 5.74) is 2.50. The Hall–Kier alpha value is -2.36. The molecule has 2 atom stereocenters. The van der Waals surface area contributed by atoms with Gasteiger partial charge < -0.3 is 10.6 Å². The molecule has 1 aliphatic carbocycles. The fourth-order valence-electron chi connectivity index (χ4n) is 2.77. The van der Waals surface area contributed by atoms with E-state index in [-0.39, 0.29) is 5.82 Å². The van der Waals surface area contributed by atoms with Gasteiger partial charge in [0.2, 0.25) is 0 Å². The van der Waals surface area contributed by atoms with E-state index < -0.39 is 0 Å². The van der Waals surface area contributed by atoms with Crippen LogP contribution in [0.15, 0.2) is 59.6 Å². The molecule has 0 spiro atoms. The smallest absolute Gasteiger partial charge is 0.191 e. The Bertz CT molecular complexity index is 652. The molecule has 2 N–H and O–H groups in total. The van der Waals surface area contributed by atoms with Crippen molar-refractivity contribution >= 4 is 5.96 Å². The summed E-state index contributed by atoms with van der Waals surface area (Å²) in [7, 11) is 1.78. The highest BCUT2D eigenvalue weighted by molar-refractivity contribution is 5.80. The van der Waals surface area contributed by atoms with Gasteiger partial charge in [0.1, 0.15) is 5.82 Å². The Morgan fingerprint density at radius 2 is 1.87 bits per heavy atom. The third-order valence-corrected chi connectivity index (χ3v) is 4.18. The summed E-state index contributed by atoms with van der Waals surface area (Å²) in [6.45, 7) is 0.772. The number of nitrogens with zero attached hydrogens (tertiary/aromatic N) is 1. The molecule has 0 bridgehead atoms. The Balaban J connectivity index is 1.43. The second-order valence-electron chi connectivity index (χ2n) is 5.88. The third kappa shape index (κ3) is 4.31. The Morgan fingerprint density at radius 1 is 1.13 bits per heavy atom. The summed E-state index contributed by atoms with van der Waals surface area (Å²) in [5, 5.41) is 6.78. The predicted molar refractivity (Wildman–Crippen MR) is 92.2 cm³/mol. The fourth-order valence-corrected chi connectivity index (χ4v) is 2.77. The number of hydrogen-bond donors (Lipinski definition) is 2. The predicted octanol–water partition coefficient (Wildman–Crippen LogP) is 3.09. The van der Waals surface area contributed by atoms with Gasteiger partial charge in [0.05, 0.1) is 0 Å². The zero-order chi connectivity index (χ0) is 16.1. The lowest BCUT2D eigenvalue weighted by Crippen LogP contribution is -2.39. The lowest BCUT2D eigenvalue weighted by atomic mass is 10.1. The number of halogens is 1. The molecule has 0 saturated heterocycles. The molecule has 1 fully saturated rings. The first kappa shape index (κ1) is 15.5. The topological polar surface area (TPSA) is 36.4 Å². The van der Waals surface area contributed by atoms with E-state index in [2.05, 4.69) is 39.9 Å². The molecule has 4 heteroatoms. The lowest BCUT2D eigenvalue weighted by Gasteiger charge is -2.12. The summed E-state index contributed by atoms with van der Waals surface area (Å²) in [6, 6.07) is 17.7. The van der Waals surface area contributed by atoms with Crippen LogP contribution in [-0.2, 0) is 6.42 Å². The van der Waals surface area contributed by atoms with Crippen molar-refractivity contribution < 1.29 is 4.39 Å². The maximum absolute atomic E-state index is 12.9. The summed E-state index contributed by atoms with van der Waals surface area (Å²) >= 11 is 0. The molecule has 3 nitrogen and oxygen atoms in total. The molecule has 2 aromatic carbocycles. The van der Waals surface area contributed by atoms with Gasteiger partial charge in [-0.3, -0.25) is 4.99 Å². The summed E-state index contributed by atoms with van der Waals surface area (Å²) < 4.78 is 12.9. The molecule has 1 aliphatic rings. The van der Waals surface area contributed by atoms with Gasteiger partial charge in [0, 0.05) is 25.6 Å². The quantitative estimate of drug-likeness (QED) is 0.657. The van der Waals surface area contributed by atoms with Crippen LogP contribution in [0.1, 0.15) is 23.5 Å². The largest absolute Gasteiger partial charge is 0.356 e. The van der Waals surface area contributed by atoms with Gasteiger partial charge in [-0.2, -0.15) is 0 Å². The van der Waals surface area contributed by atoms with Crippen LogP contribution in [0.25, 0.3) is 0 Å². The van der Waals surface area contributed by atoms with Crippen molar-refractivity contribution in [2.45, 2.75) is 24.8 Å². The molecular weight excluding hydrogens is 289 g/mol. The molecule has 120 valence electrons. The van der Waals surface area contributed by atoms with E-state index in [1.807, 2.05) is 18.2 Å². The summed E-state index contributed by atoms with van der Waals surface area (Å²) in [4.78, 5) is 4.28. The highest BCUT2D eigenvalue weighted by Crippen LogP contribution is 2.40. The molecule has 0 radical (unpaired) electrons. The van der Waals surface area contributed by atoms with Gasteiger partial charge in [-0.1, -0.05) is 42.5 Å². The molecule has 2 aromatic rings. The van der Waals surface area contributed by atoms with Crippen molar-refractivity contribution in [2.75, 3.05) is 13.6 Å². The average Bonchev–Trinajstić information content (AvgIpc) is 3.36. The number of rotatable bonds is 5. The van der Waals surface area contributed by atoms with Gasteiger partial charge >= 0.3 is 0 Å².